The van der Waals surface area contributed by atoms with Crippen molar-refractivity contribution in [1.82, 2.24) is 4.90 Å². The van der Waals surface area contributed by atoms with E-state index in [1.165, 1.54) is 18.4 Å². The molecule has 19 heavy (non-hydrogen) atoms. The zero-order valence-electron chi connectivity index (χ0n) is 11.4. The van der Waals surface area contributed by atoms with Gasteiger partial charge in [0.1, 0.15) is 0 Å². The van der Waals surface area contributed by atoms with Crippen LogP contribution in [-0.2, 0) is 10.2 Å². The molecule has 1 aliphatic heterocycles. The van der Waals surface area contributed by atoms with E-state index in [2.05, 4.69) is 29.2 Å². The summed E-state index contributed by atoms with van der Waals surface area (Å²) >= 11 is 0. The van der Waals surface area contributed by atoms with Crippen molar-refractivity contribution in [1.29, 1.82) is 0 Å². The van der Waals surface area contributed by atoms with E-state index >= 15 is 0 Å². The quantitative estimate of drug-likeness (QED) is 0.879. The lowest BCUT2D eigenvalue weighted by Gasteiger charge is -2.33. The molecule has 0 unspecified atom stereocenters. The number of carbonyl (C=O) groups excluding carboxylic acids is 1. The summed E-state index contributed by atoms with van der Waals surface area (Å²) in [5, 5.41) is 0. The number of nitrogens with zero attached hydrogens (tertiary/aromatic N) is 2. The maximum atomic E-state index is 11.7. The van der Waals surface area contributed by atoms with E-state index in [4.69, 9.17) is 5.73 Å². The molecule has 1 aliphatic carbocycles. The van der Waals surface area contributed by atoms with Crippen molar-refractivity contribution in [2.45, 2.75) is 18.3 Å². The summed E-state index contributed by atoms with van der Waals surface area (Å²) in [5.41, 5.74) is 8.58. The van der Waals surface area contributed by atoms with Gasteiger partial charge in [0.25, 0.3) is 0 Å². The first-order valence-electron chi connectivity index (χ1n) is 6.94. The highest BCUT2D eigenvalue weighted by atomic mass is 16.2. The maximum absolute atomic E-state index is 11.7. The molecule has 102 valence electrons. The fourth-order valence-electron chi connectivity index (χ4n) is 2.77. The Morgan fingerprint density at radius 1 is 1.21 bits per heavy atom. The average Bonchev–Trinajstić information content (AvgIpc) is 3.23. The van der Waals surface area contributed by atoms with Crippen LogP contribution < -0.4 is 10.6 Å². The first kappa shape index (κ1) is 12.5. The number of amides is 1. The summed E-state index contributed by atoms with van der Waals surface area (Å²) in [6.45, 7) is 2.92. The van der Waals surface area contributed by atoms with Gasteiger partial charge in [-0.1, -0.05) is 12.1 Å². The van der Waals surface area contributed by atoms with Crippen molar-refractivity contribution in [2.75, 3.05) is 38.1 Å². The third-order valence-electron chi connectivity index (χ3n) is 4.55. The lowest BCUT2D eigenvalue weighted by Crippen LogP contribution is -2.48. The van der Waals surface area contributed by atoms with Crippen molar-refractivity contribution in [2.24, 2.45) is 5.73 Å². The largest absolute Gasteiger partial charge is 0.360 e. The van der Waals surface area contributed by atoms with Crippen LogP contribution in [0.5, 0.6) is 0 Å². The highest BCUT2D eigenvalue weighted by Crippen LogP contribution is 2.47. The summed E-state index contributed by atoms with van der Waals surface area (Å²) < 4.78 is 0. The second-order valence-electron chi connectivity index (χ2n) is 5.77. The number of piperazine rings is 1. The van der Waals surface area contributed by atoms with Crippen LogP contribution in [0.4, 0.5) is 5.69 Å². The van der Waals surface area contributed by atoms with Crippen LogP contribution in [0.1, 0.15) is 18.4 Å². The minimum atomic E-state index is 0.191. The van der Waals surface area contributed by atoms with Crippen molar-refractivity contribution in [3.05, 3.63) is 29.8 Å². The van der Waals surface area contributed by atoms with Gasteiger partial charge in [0.15, 0.2) is 0 Å². The number of likely N-dealkylation sites (N-methyl/N-ethyl adjacent to an activating group) is 1. The van der Waals surface area contributed by atoms with Crippen LogP contribution in [0.2, 0.25) is 0 Å². The first-order chi connectivity index (χ1) is 9.14. The van der Waals surface area contributed by atoms with E-state index in [1.54, 1.807) is 4.90 Å². The van der Waals surface area contributed by atoms with Crippen LogP contribution in [0, 0.1) is 0 Å². The summed E-state index contributed by atoms with van der Waals surface area (Å²) in [6, 6.07) is 8.61. The molecule has 2 N–H and O–H groups in total. The molecule has 1 saturated heterocycles. The molecular formula is C15H21N3O. The Bertz CT molecular complexity index is 479. The smallest absolute Gasteiger partial charge is 0.241 e. The molecule has 0 radical (unpaired) electrons. The van der Waals surface area contributed by atoms with Crippen LogP contribution in [0.25, 0.3) is 0 Å². The Kier molecular flexibility index (Phi) is 2.97. The van der Waals surface area contributed by atoms with E-state index in [0.717, 1.165) is 25.3 Å². The van der Waals surface area contributed by atoms with Crippen molar-refractivity contribution >= 4 is 11.6 Å². The molecule has 1 amide bonds. The summed E-state index contributed by atoms with van der Waals surface area (Å²) in [7, 11) is 1.86. The van der Waals surface area contributed by atoms with E-state index in [1.807, 2.05) is 7.05 Å². The molecule has 1 aromatic carbocycles. The molecule has 2 aliphatic rings. The van der Waals surface area contributed by atoms with Gasteiger partial charge in [-0.15, -0.1) is 0 Å². The van der Waals surface area contributed by atoms with Gasteiger partial charge in [0.2, 0.25) is 5.91 Å². The fraction of sp³-hybridized carbons (Fsp3) is 0.533. The van der Waals surface area contributed by atoms with E-state index < -0.39 is 0 Å². The number of benzene rings is 1. The monoisotopic (exact) mass is 259 g/mol. The fourth-order valence-corrected chi connectivity index (χ4v) is 2.77. The minimum Gasteiger partial charge on any atom is -0.360 e. The van der Waals surface area contributed by atoms with Gasteiger partial charge < -0.3 is 15.5 Å². The molecule has 1 saturated carbocycles. The van der Waals surface area contributed by atoms with Gasteiger partial charge in [-0.05, 0) is 30.5 Å². The van der Waals surface area contributed by atoms with E-state index in [0.29, 0.717) is 6.54 Å². The number of nitrogens with two attached hydrogens (primary N) is 1. The summed E-state index contributed by atoms with van der Waals surface area (Å²) in [6.07, 6.45) is 2.41. The molecule has 4 nitrogen and oxygen atoms in total. The molecule has 3 rings (SSSR count). The zero-order chi connectivity index (χ0) is 13.5. The van der Waals surface area contributed by atoms with Crippen molar-refractivity contribution in [3.8, 4) is 0 Å². The Hall–Kier alpha value is -1.55. The standard InChI is InChI=1S/C15H21N3O/c1-17-8-9-18(10-14(17)19)13-4-2-12(3-5-13)15(11-16)6-7-15/h2-5H,6-11,16H2,1H3. The lowest BCUT2D eigenvalue weighted by atomic mass is 9.96. The highest BCUT2D eigenvalue weighted by Gasteiger charge is 2.42. The third kappa shape index (κ3) is 2.21. The topological polar surface area (TPSA) is 49.6 Å². The van der Waals surface area contributed by atoms with Gasteiger partial charge in [0, 0.05) is 37.8 Å². The molecule has 1 aromatic rings. The Morgan fingerprint density at radius 2 is 1.89 bits per heavy atom. The summed E-state index contributed by atoms with van der Waals surface area (Å²) in [4.78, 5) is 15.7. The lowest BCUT2D eigenvalue weighted by molar-refractivity contribution is -0.129. The van der Waals surface area contributed by atoms with E-state index in [-0.39, 0.29) is 11.3 Å². The van der Waals surface area contributed by atoms with Gasteiger partial charge in [-0.2, -0.15) is 0 Å². The van der Waals surface area contributed by atoms with Gasteiger partial charge in [0.05, 0.1) is 6.54 Å². The first-order valence-corrected chi connectivity index (χ1v) is 6.94. The molecule has 0 bridgehead atoms. The van der Waals surface area contributed by atoms with Crippen molar-refractivity contribution < 1.29 is 4.79 Å². The second-order valence-corrected chi connectivity index (χ2v) is 5.77. The minimum absolute atomic E-state index is 0.191. The van der Waals surface area contributed by atoms with Gasteiger partial charge in [-0.25, -0.2) is 0 Å². The van der Waals surface area contributed by atoms with Gasteiger partial charge in [-0.3, -0.25) is 4.79 Å². The number of anilines is 1. The number of hydrogen-bond acceptors (Lipinski definition) is 3. The third-order valence-corrected chi connectivity index (χ3v) is 4.55. The summed E-state index contributed by atoms with van der Waals surface area (Å²) in [5.74, 6) is 0.191. The Labute approximate surface area is 114 Å². The predicted molar refractivity (Wildman–Crippen MR) is 76.3 cm³/mol. The molecule has 4 heteroatoms. The number of rotatable bonds is 3. The molecule has 0 atom stereocenters. The molecule has 2 fully saturated rings. The highest BCUT2D eigenvalue weighted by molar-refractivity contribution is 5.82. The Morgan fingerprint density at radius 3 is 2.42 bits per heavy atom. The number of carbonyl (C=O) groups is 1. The predicted octanol–water partition coefficient (Wildman–Crippen LogP) is 0.955. The van der Waals surface area contributed by atoms with Crippen LogP contribution in [0.15, 0.2) is 24.3 Å². The molecular weight excluding hydrogens is 238 g/mol. The van der Waals surface area contributed by atoms with Crippen molar-refractivity contribution in [3.63, 3.8) is 0 Å². The molecule has 0 aromatic heterocycles. The van der Waals surface area contributed by atoms with Gasteiger partial charge >= 0.3 is 0 Å². The molecule has 0 spiro atoms. The normalized spacial score (nSPS) is 21.7. The van der Waals surface area contributed by atoms with Crippen LogP contribution in [0.3, 0.4) is 0 Å². The number of hydrogen-bond donors (Lipinski definition) is 1. The van der Waals surface area contributed by atoms with Crippen LogP contribution >= 0.6 is 0 Å². The Balaban J connectivity index is 1.74. The SMILES string of the molecule is CN1CCN(c2ccc(C3(CN)CC3)cc2)CC1=O. The average molecular weight is 259 g/mol. The van der Waals surface area contributed by atoms with Crippen LogP contribution in [-0.4, -0.2) is 44.0 Å². The second kappa shape index (κ2) is 4.53. The maximum Gasteiger partial charge on any atom is 0.241 e. The van der Waals surface area contributed by atoms with E-state index in [9.17, 15) is 4.79 Å². The molecule has 1 heterocycles. The zero-order valence-corrected chi connectivity index (χ0v) is 11.4.